The van der Waals surface area contributed by atoms with E-state index in [9.17, 15) is 0 Å². The fourth-order valence-corrected chi connectivity index (χ4v) is 2.21. The zero-order chi connectivity index (χ0) is 13.7. The van der Waals surface area contributed by atoms with Crippen LogP contribution in [0.3, 0.4) is 0 Å². The van der Waals surface area contributed by atoms with Crippen molar-refractivity contribution in [3.05, 3.63) is 46.6 Å². The summed E-state index contributed by atoms with van der Waals surface area (Å²) in [5, 5.41) is 8.98. The zero-order valence-corrected chi connectivity index (χ0v) is 12.6. The fraction of sp³-hybridized carbons (Fsp3) is 0.333. The van der Waals surface area contributed by atoms with E-state index < -0.39 is 0 Å². The minimum Gasteiger partial charge on any atom is -0.460 e. The first-order valence-corrected chi connectivity index (χ1v) is 7.20. The summed E-state index contributed by atoms with van der Waals surface area (Å²) < 4.78 is 6.91. The van der Waals surface area contributed by atoms with Gasteiger partial charge in [0.05, 0.1) is 13.2 Å². The van der Waals surface area contributed by atoms with Gasteiger partial charge in [0, 0.05) is 16.6 Å². The van der Waals surface area contributed by atoms with Crippen molar-refractivity contribution in [2.75, 3.05) is 19.7 Å². The Morgan fingerprint density at radius 3 is 2.53 bits per heavy atom. The van der Waals surface area contributed by atoms with E-state index in [1.165, 1.54) is 0 Å². The second-order valence-corrected chi connectivity index (χ2v) is 5.28. The maximum absolute atomic E-state index is 8.98. The van der Waals surface area contributed by atoms with E-state index in [-0.39, 0.29) is 6.61 Å². The maximum Gasteiger partial charge on any atom is 0.134 e. The number of halogens is 1. The Kier molecular flexibility index (Phi) is 5.19. The van der Waals surface area contributed by atoms with Crippen LogP contribution in [0.1, 0.15) is 12.7 Å². The SMILES string of the molecule is CCN(CCO)Cc1ccc(-c2ccc(Br)cc2)o1. The lowest BCUT2D eigenvalue weighted by Crippen LogP contribution is -2.25. The monoisotopic (exact) mass is 323 g/mol. The van der Waals surface area contributed by atoms with Crippen molar-refractivity contribution in [2.45, 2.75) is 13.5 Å². The van der Waals surface area contributed by atoms with E-state index in [4.69, 9.17) is 9.52 Å². The van der Waals surface area contributed by atoms with Crippen LogP contribution in [0.2, 0.25) is 0 Å². The van der Waals surface area contributed by atoms with Crippen molar-refractivity contribution < 1.29 is 9.52 Å². The Bertz CT molecular complexity index is 507. The third-order valence-corrected chi connectivity index (χ3v) is 3.56. The molecule has 0 aliphatic rings. The number of furan rings is 1. The molecule has 0 aliphatic heterocycles. The average molecular weight is 324 g/mol. The highest BCUT2D eigenvalue weighted by Gasteiger charge is 2.08. The summed E-state index contributed by atoms with van der Waals surface area (Å²) in [7, 11) is 0. The number of likely N-dealkylation sites (N-methyl/N-ethyl adjacent to an activating group) is 1. The van der Waals surface area contributed by atoms with Crippen LogP contribution in [0.25, 0.3) is 11.3 Å². The predicted molar refractivity (Wildman–Crippen MR) is 79.9 cm³/mol. The average Bonchev–Trinajstić information content (AvgIpc) is 2.87. The molecule has 0 fully saturated rings. The normalized spacial score (nSPS) is 11.2. The Hall–Kier alpha value is -1.10. The van der Waals surface area contributed by atoms with Gasteiger partial charge in [0.1, 0.15) is 11.5 Å². The number of hydrogen-bond acceptors (Lipinski definition) is 3. The molecule has 0 radical (unpaired) electrons. The van der Waals surface area contributed by atoms with Gasteiger partial charge in [-0.3, -0.25) is 4.90 Å². The molecule has 0 aliphatic carbocycles. The topological polar surface area (TPSA) is 36.6 Å². The summed E-state index contributed by atoms with van der Waals surface area (Å²) >= 11 is 3.42. The molecule has 19 heavy (non-hydrogen) atoms. The predicted octanol–water partition coefficient (Wildman–Crippen LogP) is 3.52. The fourth-order valence-electron chi connectivity index (χ4n) is 1.94. The van der Waals surface area contributed by atoms with E-state index in [1.54, 1.807) is 0 Å². The third-order valence-electron chi connectivity index (χ3n) is 3.03. The Labute approximate surface area is 122 Å². The first-order chi connectivity index (χ1) is 9.22. The molecule has 0 amide bonds. The van der Waals surface area contributed by atoms with Crippen molar-refractivity contribution in [3.8, 4) is 11.3 Å². The van der Waals surface area contributed by atoms with E-state index in [0.717, 1.165) is 34.6 Å². The summed E-state index contributed by atoms with van der Waals surface area (Å²) in [6.45, 7) is 4.55. The Morgan fingerprint density at radius 2 is 1.89 bits per heavy atom. The molecule has 0 unspecified atom stereocenters. The molecule has 0 bridgehead atoms. The first-order valence-electron chi connectivity index (χ1n) is 6.40. The molecule has 1 N–H and O–H groups in total. The minimum absolute atomic E-state index is 0.175. The highest BCUT2D eigenvalue weighted by molar-refractivity contribution is 9.10. The van der Waals surface area contributed by atoms with E-state index in [2.05, 4.69) is 27.8 Å². The van der Waals surface area contributed by atoms with Gasteiger partial charge in [0.25, 0.3) is 0 Å². The van der Waals surface area contributed by atoms with Crippen LogP contribution in [0.4, 0.5) is 0 Å². The van der Waals surface area contributed by atoms with Gasteiger partial charge in [0.2, 0.25) is 0 Å². The van der Waals surface area contributed by atoms with Crippen LogP contribution >= 0.6 is 15.9 Å². The lowest BCUT2D eigenvalue weighted by molar-refractivity contribution is 0.188. The smallest absolute Gasteiger partial charge is 0.134 e. The van der Waals surface area contributed by atoms with Gasteiger partial charge in [-0.15, -0.1) is 0 Å². The molecular formula is C15H18BrNO2. The van der Waals surface area contributed by atoms with Crippen LogP contribution in [0.15, 0.2) is 45.3 Å². The molecule has 0 saturated heterocycles. The molecule has 0 atom stereocenters. The van der Waals surface area contributed by atoms with E-state index >= 15 is 0 Å². The summed E-state index contributed by atoms with van der Waals surface area (Å²) in [4.78, 5) is 2.14. The molecule has 3 nitrogen and oxygen atoms in total. The standard InChI is InChI=1S/C15H18BrNO2/c1-2-17(9-10-18)11-14-7-8-15(19-14)12-3-5-13(16)6-4-12/h3-8,18H,2,9-11H2,1H3. The third kappa shape index (κ3) is 3.93. The van der Waals surface area contributed by atoms with Gasteiger partial charge in [-0.1, -0.05) is 35.0 Å². The molecular weight excluding hydrogens is 306 g/mol. The molecule has 102 valence electrons. The molecule has 2 aromatic rings. The van der Waals surface area contributed by atoms with Crippen molar-refractivity contribution in [2.24, 2.45) is 0 Å². The van der Waals surface area contributed by atoms with Gasteiger partial charge >= 0.3 is 0 Å². The molecule has 1 heterocycles. The van der Waals surface area contributed by atoms with Crippen LogP contribution in [0.5, 0.6) is 0 Å². The Balaban J connectivity index is 2.08. The Morgan fingerprint density at radius 1 is 1.16 bits per heavy atom. The van der Waals surface area contributed by atoms with Crippen LogP contribution < -0.4 is 0 Å². The van der Waals surface area contributed by atoms with E-state index in [1.807, 2.05) is 36.4 Å². The molecule has 4 heteroatoms. The summed E-state index contributed by atoms with van der Waals surface area (Å²) in [6.07, 6.45) is 0. The van der Waals surface area contributed by atoms with Gasteiger partial charge < -0.3 is 9.52 Å². The zero-order valence-electron chi connectivity index (χ0n) is 11.0. The number of rotatable bonds is 6. The van der Waals surface area contributed by atoms with Crippen molar-refractivity contribution in [1.29, 1.82) is 0 Å². The van der Waals surface area contributed by atoms with Gasteiger partial charge in [0.15, 0.2) is 0 Å². The van der Waals surface area contributed by atoms with Gasteiger partial charge in [-0.25, -0.2) is 0 Å². The maximum atomic E-state index is 8.98. The number of aliphatic hydroxyl groups excluding tert-OH is 1. The first kappa shape index (κ1) is 14.3. The van der Waals surface area contributed by atoms with Crippen molar-refractivity contribution >= 4 is 15.9 Å². The van der Waals surface area contributed by atoms with Crippen molar-refractivity contribution in [3.63, 3.8) is 0 Å². The quantitative estimate of drug-likeness (QED) is 0.883. The van der Waals surface area contributed by atoms with Crippen LogP contribution in [-0.2, 0) is 6.54 Å². The number of benzene rings is 1. The number of nitrogens with zero attached hydrogens (tertiary/aromatic N) is 1. The lowest BCUT2D eigenvalue weighted by Gasteiger charge is -2.17. The molecule has 0 saturated carbocycles. The summed E-state index contributed by atoms with van der Waals surface area (Å²) in [6, 6.07) is 12.0. The second-order valence-electron chi connectivity index (χ2n) is 4.37. The second kappa shape index (κ2) is 6.89. The molecule has 0 spiro atoms. The molecule has 1 aromatic carbocycles. The summed E-state index contributed by atoms with van der Waals surface area (Å²) in [5.41, 5.74) is 1.07. The summed E-state index contributed by atoms with van der Waals surface area (Å²) in [5.74, 6) is 1.80. The minimum atomic E-state index is 0.175. The van der Waals surface area contributed by atoms with Crippen molar-refractivity contribution in [1.82, 2.24) is 4.90 Å². The molecule has 2 rings (SSSR count). The number of aliphatic hydroxyl groups is 1. The van der Waals surface area contributed by atoms with Gasteiger partial charge in [-0.2, -0.15) is 0 Å². The van der Waals surface area contributed by atoms with Crippen LogP contribution in [0, 0.1) is 0 Å². The highest BCUT2D eigenvalue weighted by atomic mass is 79.9. The lowest BCUT2D eigenvalue weighted by atomic mass is 10.2. The van der Waals surface area contributed by atoms with Crippen LogP contribution in [-0.4, -0.2) is 29.7 Å². The van der Waals surface area contributed by atoms with E-state index in [0.29, 0.717) is 6.54 Å². The molecule has 1 aromatic heterocycles. The largest absolute Gasteiger partial charge is 0.460 e. The highest BCUT2D eigenvalue weighted by Crippen LogP contribution is 2.24. The van der Waals surface area contributed by atoms with Gasteiger partial charge in [-0.05, 0) is 30.8 Å². The number of hydrogen-bond donors (Lipinski definition) is 1.